The monoisotopic (exact) mass is 343 g/mol. The van der Waals surface area contributed by atoms with Crippen LogP contribution >= 0.6 is 15.9 Å². The van der Waals surface area contributed by atoms with Crippen LogP contribution in [0, 0.1) is 0 Å². The third-order valence-corrected chi connectivity index (χ3v) is 3.21. The van der Waals surface area contributed by atoms with E-state index in [1.54, 1.807) is 12.1 Å². The number of amides is 3. The van der Waals surface area contributed by atoms with E-state index in [0.29, 0.717) is 30.4 Å². The Labute approximate surface area is 124 Å². The highest BCUT2D eigenvalue weighted by atomic mass is 79.9. The minimum atomic E-state index is -0.543. The molecule has 1 aromatic carbocycles. The van der Waals surface area contributed by atoms with Gasteiger partial charge in [0.2, 0.25) is 5.91 Å². The van der Waals surface area contributed by atoms with E-state index < -0.39 is 11.9 Å². The lowest BCUT2D eigenvalue weighted by molar-refractivity contribution is -0.118. The SMILES string of the molecule is CNC(=O)NC(=O)CNc1cc2c(cc1Br)OCCO2. The Morgan fingerprint density at radius 1 is 1.25 bits per heavy atom. The van der Waals surface area contributed by atoms with Crippen molar-refractivity contribution in [2.75, 3.05) is 32.1 Å². The molecule has 0 unspecified atom stereocenters. The van der Waals surface area contributed by atoms with Crippen LogP contribution in [0.3, 0.4) is 0 Å². The Bertz CT molecular complexity index is 536. The molecule has 20 heavy (non-hydrogen) atoms. The molecule has 1 aliphatic heterocycles. The van der Waals surface area contributed by atoms with Crippen molar-refractivity contribution in [2.24, 2.45) is 0 Å². The molecule has 0 aromatic heterocycles. The number of ether oxygens (including phenoxy) is 2. The second-order valence-corrected chi connectivity index (χ2v) is 4.81. The van der Waals surface area contributed by atoms with Gasteiger partial charge in [-0.1, -0.05) is 0 Å². The summed E-state index contributed by atoms with van der Waals surface area (Å²) in [7, 11) is 1.44. The van der Waals surface area contributed by atoms with Crippen molar-refractivity contribution in [2.45, 2.75) is 0 Å². The van der Waals surface area contributed by atoms with Gasteiger partial charge in [0, 0.05) is 23.7 Å². The first-order valence-corrected chi connectivity index (χ1v) is 6.74. The molecule has 8 heteroatoms. The van der Waals surface area contributed by atoms with Crippen LogP contribution in [0.5, 0.6) is 11.5 Å². The normalized spacial score (nSPS) is 12.5. The first-order valence-electron chi connectivity index (χ1n) is 5.94. The van der Waals surface area contributed by atoms with Gasteiger partial charge in [-0.2, -0.15) is 0 Å². The van der Waals surface area contributed by atoms with Crippen molar-refractivity contribution in [3.63, 3.8) is 0 Å². The topological polar surface area (TPSA) is 88.7 Å². The number of hydrogen-bond donors (Lipinski definition) is 3. The molecule has 3 amide bonds. The van der Waals surface area contributed by atoms with Crippen LogP contribution in [0.1, 0.15) is 0 Å². The number of benzene rings is 1. The average molecular weight is 344 g/mol. The summed E-state index contributed by atoms with van der Waals surface area (Å²) in [6, 6.07) is 2.97. The van der Waals surface area contributed by atoms with Crippen molar-refractivity contribution in [1.29, 1.82) is 0 Å². The molecule has 0 atom stereocenters. The summed E-state index contributed by atoms with van der Waals surface area (Å²) < 4.78 is 11.6. The molecular formula is C12H14BrN3O4. The average Bonchev–Trinajstić information content (AvgIpc) is 2.44. The summed E-state index contributed by atoms with van der Waals surface area (Å²) in [5.74, 6) is 0.836. The maximum absolute atomic E-state index is 11.5. The van der Waals surface area contributed by atoms with E-state index in [-0.39, 0.29) is 6.54 Å². The largest absolute Gasteiger partial charge is 0.486 e. The highest BCUT2D eigenvalue weighted by molar-refractivity contribution is 9.10. The molecule has 1 heterocycles. The quantitative estimate of drug-likeness (QED) is 0.764. The lowest BCUT2D eigenvalue weighted by Gasteiger charge is -2.20. The van der Waals surface area contributed by atoms with E-state index in [1.165, 1.54) is 7.05 Å². The fourth-order valence-corrected chi connectivity index (χ4v) is 2.07. The second-order valence-electron chi connectivity index (χ2n) is 3.96. The maximum atomic E-state index is 11.5. The predicted molar refractivity (Wildman–Crippen MR) is 76.2 cm³/mol. The molecule has 7 nitrogen and oxygen atoms in total. The summed E-state index contributed by atoms with van der Waals surface area (Å²) in [4.78, 5) is 22.5. The first kappa shape index (κ1) is 14.4. The lowest BCUT2D eigenvalue weighted by atomic mass is 10.2. The fraction of sp³-hybridized carbons (Fsp3) is 0.333. The minimum absolute atomic E-state index is 0.0360. The van der Waals surface area contributed by atoms with Gasteiger partial charge in [0.15, 0.2) is 11.5 Å². The molecule has 0 radical (unpaired) electrons. The van der Waals surface area contributed by atoms with Crippen molar-refractivity contribution < 1.29 is 19.1 Å². The van der Waals surface area contributed by atoms with Crippen LogP contribution in [-0.2, 0) is 4.79 Å². The highest BCUT2D eigenvalue weighted by Gasteiger charge is 2.15. The zero-order valence-electron chi connectivity index (χ0n) is 10.8. The Morgan fingerprint density at radius 2 is 1.90 bits per heavy atom. The first-order chi connectivity index (χ1) is 9.60. The summed E-state index contributed by atoms with van der Waals surface area (Å²) in [6.07, 6.45) is 0. The number of rotatable bonds is 3. The van der Waals surface area contributed by atoms with Crippen molar-refractivity contribution in [3.8, 4) is 11.5 Å². The predicted octanol–water partition coefficient (Wildman–Crippen LogP) is 1.09. The third-order valence-electron chi connectivity index (χ3n) is 2.55. The number of nitrogens with one attached hydrogen (secondary N) is 3. The number of carbonyl (C=O) groups excluding carboxylic acids is 2. The van der Waals surface area contributed by atoms with E-state index in [9.17, 15) is 9.59 Å². The summed E-state index contributed by atoms with van der Waals surface area (Å²) in [5.41, 5.74) is 0.682. The molecule has 108 valence electrons. The Kier molecular flexibility index (Phi) is 4.67. The molecule has 1 aliphatic rings. The van der Waals surface area contributed by atoms with Crippen molar-refractivity contribution in [3.05, 3.63) is 16.6 Å². The van der Waals surface area contributed by atoms with Crippen LogP contribution < -0.4 is 25.4 Å². The molecule has 0 aliphatic carbocycles. The highest BCUT2D eigenvalue weighted by Crippen LogP contribution is 2.37. The van der Waals surface area contributed by atoms with Gasteiger partial charge in [-0.15, -0.1) is 0 Å². The molecule has 0 fully saturated rings. The van der Waals surface area contributed by atoms with Gasteiger partial charge in [-0.3, -0.25) is 10.1 Å². The number of hydrogen-bond acceptors (Lipinski definition) is 5. The smallest absolute Gasteiger partial charge is 0.321 e. The van der Waals surface area contributed by atoms with Crippen LogP contribution in [0.25, 0.3) is 0 Å². The van der Waals surface area contributed by atoms with Gasteiger partial charge in [0.25, 0.3) is 0 Å². The molecule has 0 spiro atoms. The van der Waals surface area contributed by atoms with E-state index >= 15 is 0 Å². The minimum Gasteiger partial charge on any atom is -0.486 e. The van der Waals surface area contributed by atoms with E-state index in [2.05, 4.69) is 31.9 Å². The number of halogens is 1. The van der Waals surface area contributed by atoms with Gasteiger partial charge in [0.05, 0.1) is 12.2 Å². The molecule has 2 rings (SSSR count). The number of carbonyl (C=O) groups is 2. The van der Waals surface area contributed by atoms with E-state index in [4.69, 9.17) is 9.47 Å². The van der Waals surface area contributed by atoms with Crippen LogP contribution in [0.4, 0.5) is 10.5 Å². The zero-order chi connectivity index (χ0) is 14.5. The van der Waals surface area contributed by atoms with Crippen LogP contribution in [0.15, 0.2) is 16.6 Å². The lowest BCUT2D eigenvalue weighted by Crippen LogP contribution is -2.40. The number of imide groups is 1. The second kappa shape index (κ2) is 6.47. The zero-order valence-corrected chi connectivity index (χ0v) is 12.4. The van der Waals surface area contributed by atoms with Gasteiger partial charge < -0.3 is 20.1 Å². The van der Waals surface area contributed by atoms with Crippen molar-refractivity contribution >= 4 is 33.6 Å². The number of anilines is 1. The summed E-state index contributed by atoms with van der Waals surface area (Å²) >= 11 is 3.38. The van der Waals surface area contributed by atoms with E-state index in [0.717, 1.165) is 4.47 Å². The molecular weight excluding hydrogens is 330 g/mol. The van der Waals surface area contributed by atoms with E-state index in [1.807, 2.05) is 0 Å². The Balaban J connectivity index is 1.99. The Morgan fingerprint density at radius 3 is 2.55 bits per heavy atom. The molecule has 0 bridgehead atoms. The van der Waals surface area contributed by atoms with Gasteiger partial charge in [0.1, 0.15) is 13.2 Å². The van der Waals surface area contributed by atoms with Crippen LogP contribution in [0.2, 0.25) is 0 Å². The van der Waals surface area contributed by atoms with Crippen LogP contribution in [-0.4, -0.2) is 38.7 Å². The summed E-state index contributed by atoms with van der Waals surface area (Å²) in [6.45, 7) is 0.970. The molecule has 0 saturated carbocycles. The molecule has 3 N–H and O–H groups in total. The third kappa shape index (κ3) is 3.53. The molecule has 1 aromatic rings. The Hall–Kier alpha value is -1.96. The fourth-order valence-electron chi connectivity index (χ4n) is 1.61. The van der Waals surface area contributed by atoms with Crippen molar-refractivity contribution in [1.82, 2.24) is 10.6 Å². The van der Waals surface area contributed by atoms with Gasteiger partial charge in [-0.25, -0.2) is 4.79 Å². The maximum Gasteiger partial charge on any atom is 0.321 e. The van der Waals surface area contributed by atoms with Gasteiger partial charge >= 0.3 is 6.03 Å². The standard InChI is InChI=1S/C12H14BrN3O4/c1-14-12(18)16-11(17)6-15-8-5-10-9(4-7(8)13)19-2-3-20-10/h4-5,15H,2-3,6H2,1H3,(H2,14,16,17,18). The number of fused-ring (bicyclic) bond motifs is 1. The number of urea groups is 1. The molecule has 0 saturated heterocycles. The summed E-state index contributed by atoms with van der Waals surface area (Å²) in [5, 5.41) is 7.38. The van der Waals surface area contributed by atoms with Gasteiger partial charge in [-0.05, 0) is 15.9 Å².